The van der Waals surface area contributed by atoms with Crippen molar-refractivity contribution in [1.29, 1.82) is 0 Å². The summed E-state index contributed by atoms with van der Waals surface area (Å²) in [5.41, 5.74) is 1.28. The number of nitrogens with zero attached hydrogens (tertiary/aromatic N) is 2. The zero-order valence-corrected chi connectivity index (χ0v) is 14.7. The number of aromatic nitrogens is 1. The van der Waals surface area contributed by atoms with Crippen LogP contribution in [0.1, 0.15) is 41.6 Å². The van der Waals surface area contributed by atoms with Crippen LogP contribution in [0.3, 0.4) is 0 Å². The van der Waals surface area contributed by atoms with Crippen LogP contribution in [0.2, 0.25) is 0 Å². The summed E-state index contributed by atoms with van der Waals surface area (Å²) in [5, 5.41) is 4.08. The Morgan fingerprint density at radius 2 is 1.92 bits per heavy atom. The number of amides is 1. The molecule has 1 saturated heterocycles. The van der Waals surface area contributed by atoms with E-state index in [4.69, 9.17) is 4.42 Å². The predicted octanol–water partition coefficient (Wildman–Crippen LogP) is 3.78. The minimum atomic E-state index is -0.149. The lowest BCUT2D eigenvalue weighted by Gasteiger charge is -2.33. The van der Waals surface area contributed by atoms with Gasteiger partial charge in [0.05, 0.1) is 17.8 Å². The molecule has 4 rings (SSSR count). The van der Waals surface area contributed by atoms with E-state index < -0.39 is 0 Å². The third-order valence-corrected chi connectivity index (χ3v) is 4.99. The van der Waals surface area contributed by atoms with Crippen molar-refractivity contribution < 1.29 is 9.21 Å². The standard InChI is InChI=1S/C21H23N3O2/c25-21(18-11-10-16-7-2-3-8-17(16)23-18)22-15-19(20-9-6-14-26-20)24-12-4-1-5-13-24/h2-3,6-11,14,19H,1,4-5,12-13,15H2,(H,22,25). The number of para-hydroxylation sites is 1. The van der Waals surface area contributed by atoms with Crippen molar-refractivity contribution in [3.63, 3.8) is 0 Å². The molecular formula is C21H23N3O2. The zero-order valence-electron chi connectivity index (χ0n) is 14.7. The Labute approximate surface area is 153 Å². The molecule has 1 unspecified atom stereocenters. The van der Waals surface area contributed by atoms with Gasteiger partial charge in [0.2, 0.25) is 0 Å². The summed E-state index contributed by atoms with van der Waals surface area (Å²) >= 11 is 0. The SMILES string of the molecule is O=C(NCC(c1ccco1)N1CCCCC1)c1ccc2ccccc2n1. The van der Waals surface area contributed by atoms with Crippen LogP contribution in [-0.4, -0.2) is 35.4 Å². The Morgan fingerprint density at radius 1 is 1.08 bits per heavy atom. The third-order valence-electron chi connectivity index (χ3n) is 4.99. The van der Waals surface area contributed by atoms with E-state index in [0.29, 0.717) is 12.2 Å². The maximum absolute atomic E-state index is 12.6. The van der Waals surface area contributed by atoms with Gasteiger partial charge < -0.3 is 9.73 Å². The van der Waals surface area contributed by atoms with Crippen LogP contribution in [0.5, 0.6) is 0 Å². The van der Waals surface area contributed by atoms with Gasteiger partial charge in [-0.3, -0.25) is 9.69 Å². The van der Waals surface area contributed by atoms with E-state index in [1.165, 1.54) is 19.3 Å². The molecule has 5 heteroatoms. The van der Waals surface area contributed by atoms with Gasteiger partial charge in [0.15, 0.2) is 0 Å². The van der Waals surface area contributed by atoms with Gasteiger partial charge in [-0.1, -0.05) is 30.7 Å². The largest absolute Gasteiger partial charge is 0.468 e. The van der Waals surface area contributed by atoms with Crippen LogP contribution in [0.4, 0.5) is 0 Å². The maximum atomic E-state index is 12.6. The highest BCUT2D eigenvalue weighted by Crippen LogP contribution is 2.24. The summed E-state index contributed by atoms with van der Waals surface area (Å²) in [5.74, 6) is 0.753. The molecule has 0 radical (unpaired) electrons. The van der Waals surface area contributed by atoms with E-state index >= 15 is 0 Å². The number of likely N-dealkylation sites (tertiary alicyclic amines) is 1. The normalized spacial score (nSPS) is 16.5. The molecule has 0 saturated carbocycles. The van der Waals surface area contributed by atoms with E-state index in [-0.39, 0.29) is 11.9 Å². The number of carbonyl (C=O) groups excluding carboxylic acids is 1. The summed E-state index contributed by atoms with van der Waals surface area (Å²) in [4.78, 5) is 19.5. The number of hydrogen-bond donors (Lipinski definition) is 1. The molecule has 2 aromatic heterocycles. The topological polar surface area (TPSA) is 58.4 Å². The number of hydrogen-bond acceptors (Lipinski definition) is 4. The van der Waals surface area contributed by atoms with Crippen molar-refractivity contribution in [3.05, 3.63) is 66.2 Å². The molecule has 1 atom stereocenters. The van der Waals surface area contributed by atoms with E-state index in [1.807, 2.05) is 42.5 Å². The minimum absolute atomic E-state index is 0.0645. The Hall–Kier alpha value is -2.66. The zero-order chi connectivity index (χ0) is 17.8. The smallest absolute Gasteiger partial charge is 0.269 e. The molecular weight excluding hydrogens is 326 g/mol. The van der Waals surface area contributed by atoms with Gasteiger partial charge in [0.25, 0.3) is 5.91 Å². The lowest BCUT2D eigenvalue weighted by atomic mass is 10.1. The quantitative estimate of drug-likeness (QED) is 0.761. The molecule has 5 nitrogen and oxygen atoms in total. The summed E-state index contributed by atoms with van der Waals surface area (Å²) in [6.45, 7) is 2.59. The number of nitrogens with one attached hydrogen (secondary N) is 1. The van der Waals surface area contributed by atoms with Crippen LogP contribution in [0.15, 0.2) is 59.2 Å². The highest BCUT2D eigenvalue weighted by atomic mass is 16.3. The lowest BCUT2D eigenvalue weighted by molar-refractivity contribution is 0.0909. The summed E-state index contributed by atoms with van der Waals surface area (Å²) < 4.78 is 5.64. The van der Waals surface area contributed by atoms with Crippen molar-refractivity contribution in [1.82, 2.24) is 15.2 Å². The first-order valence-corrected chi connectivity index (χ1v) is 9.23. The van der Waals surface area contributed by atoms with Crippen molar-refractivity contribution in [3.8, 4) is 0 Å². The molecule has 3 heterocycles. The van der Waals surface area contributed by atoms with Gasteiger partial charge >= 0.3 is 0 Å². The second-order valence-electron chi connectivity index (χ2n) is 6.73. The fourth-order valence-corrected chi connectivity index (χ4v) is 3.59. The fourth-order valence-electron chi connectivity index (χ4n) is 3.59. The molecule has 134 valence electrons. The molecule has 26 heavy (non-hydrogen) atoms. The molecule has 0 spiro atoms. The van der Waals surface area contributed by atoms with Crippen LogP contribution >= 0.6 is 0 Å². The first-order chi connectivity index (χ1) is 12.8. The number of fused-ring (bicyclic) bond motifs is 1. The Balaban J connectivity index is 1.48. The second-order valence-corrected chi connectivity index (χ2v) is 6.73. The van der Waals surface area contributed by atoms with Crippen molar-refractivity contribution in [2.24, 2.45) is 0 Å². The predicted molar refractivity (Wildman–Crippen MR) is 101 cm³/mol. The molecule has 1 fully saturated rings. The van der Waals surface area contributed by atoms with E-state index in [1.54, 1.807) is 12.3 Å². The molecule has 1 aliphatic rings. The first-order valence-electron chi connectivity index (χ1n) is 9.23. The van der Waals surface area contributed by atoms with Gasteiger partial charge in [0, 0.05) is 11.9 Å². The van der Waals surface area contributed by atoms with Gasteiger partial charge in [0.1, 0.15) is 11.5 Å². The summed E-state index contributed by atoms with van der Waals surface area (Å²) in [6, 6.07) is 15.5. The maximum Gasteiger partial charge on any atom is 0.269 e. The molecule has 1 N–H and O–H groups in total. The Kier molecular flexibility index (Phi) is 4.97. The van der Waals surface area contributed by atoms with E-state index in [2.05, 4.69) is 15.2 Å². The lowest BCUT2D eigenvalue weighted by Crippen LogP contribution is -2.40. The minimum Gasteiger partial charge on any atom is -0.468 e. The number of benzene rings is 1. The van der Waals surface area contributed by atoms with Crippen LogP contribution < -0.4 is 5.32 Å². The van der Waals surface area contributed by atoms with E-state index in [0.717, 1.165) is 29.8 Å². The highest BCUT2D eigenvalue weighted by Gasteiger charge is 2.25. The molecule has 0 aliphatic carbocycles. The van der Waals surface area contributed by atoms with Crippen LogP contribution in [-0.2, 0) is 0 Å². The second kappa shape index (κ2) is 7.70. The van der Waals surface area contributed by atoms with Gasteiger partial charge in [-0.2, -0.15) is 0 Å². The summed E-state index contributed by atoms with van der Waals surface area (Å²) in [6.07, 6.45) is 5.35. The molecule has 3 aromatic rings. The Morgan fingerprint density at radius 3 is 2.73 bits per heavy atom. The number of rotatable bonds is 5. The number of carbonyl (C=O) groups is 1. The van der Waals surface area contributed by atoms with Crippen molar-refractivity contribution in [2.45, 2.75) is 25.3 Å². The van der Waals surface area contributed by atoms with Gasteiger partial charge in [-0.15, -0.1) is 0 Å². The average Bonchev–Trinajstić information content (AvgIpc) is 3.23. The van der Waals surface area contributed by atoms with Gasteiger partial charge in [-0.25, -0.2) is 4.98 Å². The van der Waals surface area contributed by atoms with Crippen LogP contribution in [0, 0.1) is 0 Å². The fraction of sp³-hybridized carbons (Fsp3) is 0.333. The van der Waals surface area contributed by atoms with Crippen LogP contribution in [0.25, 0.3) is 10.9 Å². The van der Waals surface area contributed by atoms with Gasteiger partial charge in [-0.05, 0) is 50.2 Å². The molecule has 1 amide bonds. The Bertz CT molecular complexity index is 870. The molecule has 0 bridgehead atoms. The number of furan rings is 1. The first kappa shape index (κ1) is 16.8. The van der Waals surface area contributed by atoms with Crippen molar-refractivity contribution in [2.75, 3.05) is 19.6 Å². The number of piperidine rings is 1. The van der Waals surface area contributed by atoms with E-state index in [9.17, 15) is 4.79 Å². The number of pyridine rings is 1. The highest BCUT2D eigenvalue weighted by molar-refractivity contribution is 5.94. The molecule has 1 aromatic carbocycles. The third kappa shape index (κ3) is 3.63. The molecule has 1 aliphatic heterocycles. The average molecular weight is 349 g/mol. The summed E-state index contributed by atoms with van der Waals surface area (Å²) in [7, 11) is 0. The monoisotopic (exact) mass is 349 g/mol. The van der Waals surface area contributed by atoms with Crippen molar-refractivity contribution >= 4 is 16.8 Å².